The lowest BCUT2D eigenvalue weighted by molar-refractivity contribution is -0.147. The number of rotatable bonds is 30. The largest absolute Gasteiger partial charge is 0.461 e. The highest BCUT2D eigenvalue weighted by Crippen LogP contribution is 2.17. The van der Waals surface area contributed by atoms with Crippen molar-refractivity contribution in [1.29, 1.82) is 0 Å². The molecule has 0 bridgehead atoms. The third-order valence-corrected chi connectivity index (χ3v) is 8.08. The van der Waals surface area contributed by atoms with Gasteiger partial charge in [-0.25, -0.2) is 0 Å². The van der Waals surface area contributed by atoms with Crippen LogP contribution in [0.1, 0.15) is 169 Å². The van der Waals surface area contributed by atoms with Crippen LogP contribution in [0.5, 0.6) is 0 Å². The highest BCUT2D eigenvalue weighted by Gasteiger charge is 2.14. The summed E-state index contributed by atoms with van der Waals surface area (Å²) in [5.41, 5.74) is 0. The van der Waals surface area contributed by atoms with E-state index < -0.39 is 0 Å². The Morgan fingerprint density at radius 3 is 1.26 bits per heavy atom. The Hall–Kier alpha value is -1.62. The fourth-order valence-corrected chi connectivity index (χ4v) is 5.04. The summed E-state index contributed by atoms with van der Waals surface area (Å²) in [6.07, 6.45) is 32.2. The van der Waals surface area contributed by atoms with Crippen molar-refractivity contribution in [2.45, 2.75) is 175 Å². The van der Waals surface area contributed by atoms with Crippen molar-refractivity contribution in [3.63, 3.8) is 0 Å². The lowest BCUT2D eigenvalue weighted by Crippen LogP contribution is -2.15. The predicted molar refractivity (Wildman–Crippen MR) is 177 cm³/mol. The molecule has 0 fully saturated rings. The minimum absolute atomic E-state index is 0.0470. The molecule has 0 spiro atoms. The molecule has 5 nitrogen and oxygen atoms in total. The standard InChI is InChI=1S/C37H68O5/c1-5-7-9-11-13-19-25-31-41-36(39)33(3)27-21-15-17-23-29-35(38)30-24-18-16-22-28-34(4)37(40)42-32-26-20-14-12-10-8-6-2/h19-20,25-26,33-35,38H,5-18,21-24,27-32H2,1-4H3/b25-19-,26-20-. The van der Waals surface area contributed by atoms with E-state index in [1.165, 1.54) is 51.4 Å². The molecule has 1 N–H and O–H groups in total. The van der Waals surface area contributed by atoms with Crippen molar-refractivity contribution in [2.75, 3.05) is 13.2 Å². The van der Waals surface area contributed by atoms with Gasteiger partial charge >= 0.3 is 11.9 Å². The van der Waals surface area contributed by atoms with Crippen LogP contribution in [0.4, 0.5) is 0 Å². The number of hydrogen-bond acceptors (Lipinski definition) is 5. The van der Waals surface area contributed by atoms with E-state index in [9.17, 15) is 14.7 Å². The van der Waals surface area contributed by atoms with Crippen molar-refractivity contribution in [2.24, 2.45) is 11.8 Å². The topological polar surface area (TPSA) is 72.8 Å². The number of allylic oxidation sites excluding steroid dienone is 2. The Kier molecular flexibility index (Phi) is 29.6. The molecule has 0 saturated carbocycles. The smallest absolute Gasteiger partial charge is 0.308 e. The highest BCUT2D eigenvalue weighted by atomic mass is 16.5. The number of ether oxygens (including phenoxy) is 2. The first-order valence-corrected chi connectivity index (χ1v) is 17.7. The lowest BCUT2D eigenvalue weighted by atomic mass is 9.99. The molecule has 0 saturated heterocycles. The molecule has 0 aliphatic carbocycles. The van der Waals surface area contributed by atoms with Gasteiger partial charge in [-0.3, -0.25) is 9.59 Å². The summed E-state index contributed by atoms with van der Waals surface area (Å²) in [5.74, 6) is -0.276. The van der Waals surface area contributed by atoms with Gasteiger partial charge in [0.1, 0.15) is 13.2 Å². The lowest BCUT2D eigenvalue weighted by Gasteiger charge is -2.12. The average molecular weight is 593 g/mol. The quantitative estimate of drug-likeness (QED) is 0.0510. The monoisotopic (exact) mass is 593 g/mol. The van der Waals surface area contributed by atoms with E-state index in [0.717, 1.165) is 89.9 Å². The first-order valence-electron chi connectivity index (χ1n) is 17.7. The Morgan fingerprint density at radius 1 is 0.524 bits per heavy atom. The van der Waals surface area contributed by atoms with Gasteiger partial charge in [-0.05, 0) is 51.4 Å². The van der Waals surface area contributed by atoms with Gasteiger partial charge in [-0.15, -0.1) is 0 Å². The fraction of sp³-hybridized carbons (Fsp3) is 0.838. The van der Waals surface area contributed by atoms with Gasteiger partial charge in [0.2, 0.25) is 0 Å². The van der Waals surface area contributed by atoms with Crippen LogP contribution in [-0.2, 0) is 19.1 Å². The summed E-state index contributed by atoms with van der Waals surface area (Å²) in [6.45, 7) is 9.13. The molecule has 0 aliphatic rings. The fourth-order valence-electron chi connectivity index (χ4n) is 5.04. The number of esters is 2. The minimum atomic E-state index is -0.216. The number of hydrogen-bond donors (Lipinski definition) is 1. The molecule has 0 radical (unpaired) electrons. The molecule has 0 aromatic heterocycles. The van der Waals surface area contributed by atoms with E-state index in [0.29, 0.717) is 13.2 Å². The van der Waals surface area contributed by atoms with E-state index in [1.54, 1.807) is 0 Å². The zero-order valence-corrected chi connectivity index (χ0v) is 28.1. The average Bonchev–Trinajstić information content (AvgIpc) is 2.98. The highest BCUT2D eigenvalue weighted by molar-refractivity contribution is 5.72. The number of carbonyl (C=O) groups is 2. The molecule has 0 amide bonds. The number of aliphatic hydroxyl groups is 1. The maximum Gasteiger partial charge on any atom is 0.308 e. The van der Waals surface area contributed by atoms with Crippen molar-refractivity contribution < 1.29 is 24.2 Å². The molecule has 246 valence electrons. The molecule has 0 heterocycles. The van der Waals surface area contributed by atoms with Gasteiger partial charge in [-0.2, -0.15) is 0 Å². The van der Waals surface area contributed by atoms with Crippen LogP contribution >= 0.6 is 0 Å². The molecule has 0 aromatic rings. The van der Waals surface area contributed by atoms with E-state index in [2.05, 4.69) is 26.0 Å². The van der Waals surface area contributed by atoms with Gasteiger partial charge < -0.3 is 14.6 Å². The first-order chi connectivity index (χ1) is 20.4. The molecular formula is C37H68O5. The Bertz CT molecular complexity index is 615. The second-order valence-corrected chi connectivity index (χ2v) is 12.3. The second-order valence-electron chi connectivity index (χ2n) is 12.3. The van der Waals surface area contributed by atoms with Crippen LogP contribution in [0, 0.1) is 11.8 Å². The second kappa shape index (κ2) is 30.8. The summed E-state index contributed by atoms with van der Waals surface area (Å²) >= 11 is 0. The van der Waals surface area contributed by atoms with Crippen LogP contribution in [0.25, 0.3) is 0 Å². The molecule has 0 aromatic carbocycles. The molecule has 42 heavy (non-hydrogen) atoms. The molecular weight excluding hydrogens is 524 g/mol. The summed E-state index contributed by atoms with van der Waals surface area (Å²) in [7, 11) is 0. The normalized spacial score (nSPS) is 13.9. The minimum Gasteiger partial charge on any atom is -0.461 e. The van der Waals surface area contributed by atoms with Crippen molar-refractivity contribution >= 4 is 11.9 Å². The summed E-state index contributed by atoms with van der Waals surface area (Å²) in [5, 5.41) is 10.3. The SMILES string of the molecule is CCCCCC/C=C\COC(=O)C(C)CCCCCCC(O)CCCCCCC(C)C(=O)OC/C=C\CCCCCC. The van der Waals surface area contributed by atoms with Gasteiger partial charge in [0, 0.05) is 0 Å². The maximum absolute atomic E-state index is 12.1. The van der Waals surface area contributed by atoms with Gasteiger partial charge in [0.15, 0.2) is 0 Å². The van der Waals surface area contributed by atoms with Crippen molar-refractivity contribution in [1.82, 2.24) is 0 Å². The van der Waals surface area contributed by atoms with Crippen molar-refractivity contribution in [3.8, 4) is 0 Å². The zero-order valence-electron chi connectivity index (χ0n) is 28.1. The number of aliphatic hydroxyl groups excluding tert-OH is 1. The number of carbonyl (C=O) groups excluding carboxylic acids is 2. The van der Waals surface area contributed by atoms with E-state index in [4.69, 9.17) is 9.47 Å². The summed E-state index contributed by atoms with van der Waals surface area (Å²) in [4.78, 5) is 24.3. The molecule has 0 rings (SSSR count). The third kappa shape index (κ3) is 27.2. The van der Waals surface area contributed by atoms with Gasteiger partial charge in [0.05, 0.1) is 17.9 Å². The first kappa shape index (κ1) is 40.4. The predicted octanol–water partition coefficient (Wildman–Crippen LogP) is 10.4. The van der Waals surface area contributed by atoms with Crippen molar-refractivity contribution in [3.05, 3.63) is 24.3 Å². The molecule has 2 atom stereocenters. The molecule has 0 aliphatic heterocycles. The molecule has 5 heteroatoms. The van der Waals surface area contributed by atoms with E-state index in [1.807, 2.05) is 26.0 Å². The van der Waals surface area contributed by atoms with E-state index >= 15 is 0 Å². The Labute approximate surface area is 260 Å². The maximum atomic E-state index is 12.1. The molecule has 2 unspecified atom stereocenters. The van der Waals surface area contributed by atoms with Gasteiger partial charge in [0.25, 0.3) is 0 Å². The summed E-state index contributed by atoms with van der Waals surface area (Å²) in [6, 6.07) is 0. The van der Waals surface area contributed by atoms with Crippen LogP contribution < -0.4 is 0 Å². The number of unbranched alkanes of at least 4 members (excludes halogenated alkanes) is 14. The Balaban J connectivity index is 3.60. The summed E-state index contributed by atoms with van der Waals surface area (Å²) < 4.78 is 10.8. The third-order valence-electron chi connectivity index (χ3n) is 8.08. The van der Waals surface area contributed by atoms with Crippen LogP contribution in [-0.4, -0.2) is 36.4 Å². The Morgan fingerprint density at radius 2 is 0.881 bits per heavy atom. The van der Waals surface area contributed by atoms with Crippen LogP contribution in [0.3, 0.4) is 0 Å². The van der Waals surface area contributed by atoms with Crippen LogP contribution in [0.15, 0.2) is 24.3 Å². The van der Waals surface area contributed by atoms with Crippen LogP contribution in [0.2, 0.25) is 0 Å². The zero-order chi connectivity index (χ0) is 31.1. The van der Waals surface area contributed by atoms with E-state index in [-0.39, 0.29) is 29.9 Å². The van der Waals surface area contributed by atoms with Gasteiger partial charge in [-0.1, -0.05) is 142 Å².